The van der Waals surface area contributed by atoms with Crippen LogP contribution in [0.4, 0.5) is 10.5 Å². The minimum absolute atomic E-state index is 0.136. The van der Waals surface area contributed by atoms with Crippen molar-refractivity contribution in [2.24, 2.45) is 5.92 Å². The van der Waals surface area contributed by atoms with Gasteiger partial charge < -0.3 is 15.7 Å². The van der Waals surface area contributed by atoms with E-state index in [4.69, 9.17) is 5.11 Å². The second kappa shape index (κ2) is 7.28. The summed E-state index contributed by atoms with van der Waals surface area (Å²) in [6.07, 6.45) is 0.674. The minimum Gasteiger partial charge on any atom is -0.480 e. The zero-order chi connectivity index (χ0) is 15.3. The van der Waals surface area contributed by atoms with Crippen molar-refractivity contribution < 1.29 is 14.7 Å². The van der Waals surface area contributed by atoms with Gasteiger partial charge in [-0.15, -0.1) is 0 Å². The number of carboxylic acids is 1. The second-order valence-electron chi connectivity index (χ2n) is 4.76. The summed E-state index contributed by atoms with van der Waals surface area (Å²) < 4.78 is 0.881. The predicted molar refractivity (Wildman–Crippen MR) is 81.9 cm³/mol. The minimum atomic E-state index is -1.03. The molecule has 2 atom stereocenters. The Labute approximate surface area is 126 Å². The fourth-order valence-electron chi connectivity index (χ4n) is 1.66. The van der Waals surface area contributed by atoms with E-state index in [-0.39, 0.29) is 5.92 Å². The normalized spacial score (nSPS) is 13.4. The molecule has 0 aliphatic rings. The van der Waals surface area contributed by atoms with Gasteiger partial charge in [-0.3, -0.25) is 0 Å². The number of rotatable bonds is 5. The van der Waals surface area contributed by atoms with Crippen molar-refractivity contribution in [2.75, 3.05) is 5.32 Å². The highest BCUT2D eigenvalue weighted by Gasteiger charge is 2.25. The lowest BCUT2D eigenvalue weighted by Crippen LogP contribution is -2.46. The Balaban J connectivity index is 2.70. The number of anilines is 1. The van der Waals surface area contributed by atoms with E-state index < -0.39 is 18.0 Å². The lowest BCUT2D eigenvalue weighted by molar-refractivity contribution is -0.140. The van der Waals surface area contributed by atoms with Gasteiger partial charge in [0.25, 0.3) is 0 Å². The number of hydrogen-bond acceptors (Lipinski definition) is 2. The van der Waals surface area contributed by atoms with Crippen LogP contribution in [0.25, 0.3) is 0 Å². The first kappa shape index (κ1) is 16.5. The highest BCUT2D eigenvalue weighted by molar-refractivity contribution is 9.10. The van der Waals surface area contributed by atoms with Crippen LogP contribution in [0.15, 0.2) is 22.7 Å². The summed E-state index contributed by atoms with van der Waals surface area (Å²) in [5.41, 5.74) is 1.66. The molecule has 0 aromatic heterocycles. The van der Waals surface area contributed by atoms with E-state index in [1.54, 1.807) is 19.1 Å². The van der Waals surface area contributed by atoms with Crippen LogP contribution < -0.4 is 10.6 Å². The van der Waals surface area contributed by atoms with E-state index in [0.717, 1.165) is 10.0 Å². The summed E-state index contributed by atoms with van der Waals surface area (Å²) in [5, 5.41) is 14.2. The maximum atomic E-state index is 11.8. The molecule has 0 bridgehead atoms. The van der Waals surface area contributed by atoms with Gasteiger partial charge >= 0.3 is 12.0 Å². The van der Waals surface area contributed by atoms with Gasteiger partial charge in [0.1, 0.15) is 6.04 Å². The lowest BCUT2D eigenvalue weighted by Gasteiger charge is -2.20. The van der Waals surface area contributed by atoms with Gasteiger partial charge in [-0.25, -0.2) is 9.59 Å². The summed E-state index contributed by atoms with van der Waals surface area (Å²) in [5.74, 6) is -1.16. The summed E-state index contributed by atoms with van der Waals surface area (Å²) in [6.45, 7) is 5.62. The van der Waals surface area contributed by atoms with E-state index >= 15 is 0 Å². The number of hydrogen-bond donors (Lipinski definition) is 3. The molecule has 3 N–H and O–H groups in total. The number of aliphatic carboxylic acids is 1. The number of carbonyl (C=O) groups is 2. The van der Waals surface area contributed by atoms with Crippen molar-refractivity contribution in [1.82, 2.24) is 5.32 Å². The molecule has 0 saturated carbocycles. The molecule has 110 valence electrons. The van der Waals surface area contributed by atoms with E-state index in [0.29, 0.717) is 12.1 Å². The van der Waals surface area contributed by atoms with E-state index in [1.165, 1.54) is 0 Å². The topological polar surface area (TPSA) is 78.4 Å². The molecule has 0 fully saturated rings. The average molecular weight is 343 g/mol. The Morgan fingerprint density at radius 3 is 2.55 bits per heavy atom. The largest absolute Gasteiger partial charge is 0.480 e. The van der Waals surface area contributed by atoms with E-state index in [1.807, 2.05) is 19.9 Å². The van der Waals surface area contributed by atoms with E-state index in [9.17, 15) is 9.59 Å². The van der Waals surface area contributed by atoms with Crippen molar-refractivity contribution in [3.8, 4) is 0 Å². The van der Waals surface area contributed by atoms with Crippen LogP contribution in [0.2, 0.25) is 0 Å². The molecule has 0 aliphatic heterocycles. The number of carboxylic acid groups (broad SMARTS) is 1. The van der Waals surface area contributed by atoms with E-state index in [2.05, 4.69) is 26.6 Å². The molecule has 1 rings (SSSR count). The van der Waals surface area contributed by atoms with Gasteiger partial charge in [0.05, 0.1) is 0 Å². The Morgan fingerprint density at radius 2 is 2.05 bits per heavy atom. The maximum absolute atomic E-state index is 11.8. The third-order valence-electron chi connectivity index (χ3n) is 3.20. The summed E-state index contributed by atoms with van der Waals surface area (Å²) in [7, 11) is 0. The number of carbonyl (C=O) groups excluding carboxylic acids is 1. The van der Waals surface area contributed by atoms with Gasteiger partial charge in [-0.1, -0.05) is 42.3 Å². The predicted octanol–water partition coefficient (Wildman–Crippen LogP) is 3.38. The third-order valence-corrected chi connectivity index (χ3v) is 4.05. The Hall–Kier alpha value is -1.56. The number of nitrogens with one attached hydrogen (secondary N) is 2. The molecule has 0 saturated heterocycles. The van der Waals surface area contributed by atoms with Crippen LogP contribution in [0.5, 0.6) is 0 Å². The van der Waals surface area contributed by atoms with Crippen molar-refractivity contribution in [3.63, 3.8) is 0 Å². The molecule has 1 aromatic carbocycles. The van der Waals surface area contributed by atoms with Crippen LogP contribution >= 0.6 is 15.9 Å². The van der Waals surface area contributed by atoms with Gasteiger partial charge in [-0.05, 0) is 30.5 Å². The standard InChI is InChI=1S/C14H19BrN2O3/c1-4-8(2)12(13(18)19)17-14(20)16-10-6-5-9(3)11(15)7-10/h5-8,12H,4H2,1-3H3,(H,18,19)(H2,16,17,20). The molecule has 0 heterocycles. The highest BCUT2D eigenvalue weighted by Crippen LogP contribution is 2.20. The zero-order valence-electron chi connectivity index (χ0n) is 11.7. The molecule has 6 heteroatoms. The molecular weight excluding hydrogens is 324 g/mol. The number of benzene rings is 1. The maximum Gasteiger partial charge on any atom is 0.326 e. The number of halogens is 1. The first-order valence-electron chi connectivity index (χ1n) is 6.41. The first-order valence-corrected chi connectivity index (χ1v) is 7.21. The van der Waals surface area contributed by atoms with Crippen molar-refractivity contribution >= 4 is 33.6 Å². The number of amides is 2. The van der Waals surface area contributed by atoms with Gasteiger partial charge in [-0.2, -0.15) is 0 Å². The van der Waals surface area contributed by atoms with Gasteiger partial charge in [0.2, 0.25) is 0 Å². The van der Waals surface area contributed by atoms with Crippen molar-refractivity contribution in [3.05, 3.63) is 28.2 Å². The first-order chi connectivity index (χ1) is 9.35. The van der Waals surface area contributed by atoms with Crippen LogP contribution in [0.3, 0.4) is 0 Å². The van der Waals surface area contributed by atoms with Crippen LogP contribution in [-0.2, 0) is 4.79 Å². The zero-order valence-corrected chi connectivity index (χ0v) is 13.3. The molecule has 2 unspecified atom stereocenters. The van der Waals surface area contributed by atoms with Crippen LogP contribution in [-0.4, -0.2) is 23.1 Å². The molecule has 5 nitrogen and oxygen atoms in total. The molecule has 0 radical (unpaired) electrons. The SMILES string of the molecule is CCC(C)C(NC(=O)Nc1ccc(C)c(Br)c1)C(=O)O. The Kier molecular flexibility index (Phi) is 6.01. The van der Waals surface area contributed by atoms with Gasteiger partial charge in [0, 0.05) is 10.2 Å². The quantitative estimate of drug-likeness (QED) is 0.767. The number of urea groups is 1. The molecule has 2 amide bonds. The number of aryl methyl sites for hydroxylation is 1. The van der Waals surface area contributed by atoms with Gasteiger partial charge in [0.15, 0.2) is 0 Å². The highest BCUT2D eigenvalue weighted by atomic mass is 79.9. The second-order valence-corrected chi connectivity index (χ2v) is 5.62. The molecule has 0 spiro atoms. The van der Waals surface area contributed by atoms with Crippen molar-refractivity contribution in [2.45, 2.75) is 33.2 Å². The Morgan fingerprint density at radius 1 is 1.40 bits per heavy atom. The lowest BCUT2D eigenvalue weighted by atomic mass is 9.99. The Bertz CT molecular complexity index is 505. The molecular formula is C14H19BrN2O3. The fraction of sp³-hybridized carbons (Fsp3) is 0.429. The van der Waals surface area contributed by atoms with Crippen LogP contribution in [0.1, 0.15) is 25.8 Å². The summed E-state index contributed by atoms with van der Waals surface area (Å²) >= 11 is 3.38. The fourth-order valence-corrected chi connectivity index (χ4v) is 2.04. The molecule has 1 aromatic rings. The van der Waals surface area contributed by atoms with Crippen molar-refractivity contribution in [1.29, 1.82) is 0 Å². The summed E-state index contributed by atoms with van der Waals surface area (Å²) in [6, 6.07) is 3.98. The summed E-state index contributed by atoms with van der Waals surface area (Å²) in [4.78, 5) is 23.0. The average Bonchev–Trinajstić information content (AvgIpc) is 2.39. The third kappa shape index (κ3) is 4.52. The smallest absolute Gasteiger partial charge is 0.326 e. The molecule has 0 aliphatic carbocycles. The monoisotopic (exact) mass is 342 g/mol. The molecule has 20 heavy (non-hydrogen) atoms. The van der Waals surface area contributed by atoms with Crippen LogP contribution in [0, 0.1) is 12.8 Å².